The zero-order valence-corrected chi connectivity index (χ0v) is 14.2. The molecule has 6 nitrogen and oxygen atoms in total. The van der Waals surface area contributed by atoms with Gasteiger partial charge in [0, 0.05) is 31.0 Å². The largest absolute Gasteiger partial charge is 0.326 e. The summed E-state index contributed by atoms with van der Waals surface area (Å²) in [6, 6.07) is 7.56. The predicted octanol–water partition coefficient (Wildman–Crippen LogP) is 1.84. The second kappa shape index (κ2) is 8.26. The molecule has 7 heteroatoms. The Hall–Kier alpha value is -1.92. The van der Waals surface area contributed by atoms with Gasteiger partial charge in [-0.15, -0.1) is 12.4 Å². The standard InChI is InChI=1S/C17H21N3O3.ClH/c21-15(10-13-5-3-9-18-13)19-14-6-2-1-4-12(14)11-20-16(22)7-8-17(20)23;/h1-2,4,6,13,18H,3,5,7-11H2,(H,19,21);1H. The van der Waals surface area contributed by atoms with E-state index in [4.69, 9.17) is 0 Å². The molecule has 0 aliphatic carbocycles. The smallest absolute Gasteiger partial charge is 0.229 e. The summed E-state index contributed by atoms with van der Waals surface area (Å²) in [6.07, 6.45) is 3.12. The van der Waals surface area contributed by atoms with Gasteiger partial charge in [-0.2, -0.15) is 0 Å². The summed E-state index contributed by atoms with van der Waals surface area (Å²) in [5.41, 5.74) is 1.45. The fourth-order valence-corrected chi connectivity index (χ4v) is 3.11. The Bertz CT molecular complexity index is 613. The normalized spacial score (nSPS) is 20.2. The molecule has 2 saturated heterocycles. The summed E-state index contributed by atoms with van der Waals surface area (Å²) in [4.78, 5) is 37.0. The molecule has 3 amide bonds. The number of carbonyl (C=O) groups is 3. The first-order chi connectivity index (χ1) is 11.1. The number of halogens is 1. The molecular formula is C17H22ClN3O3. The van der Waals surface area contributed by atoms with Crippen molar-refractivity contribution in [3.05, 3.63) is 29.8 Å². The van der Waals surface area contributed by atoms with Gasteiger partial charge in [-0.1, -0.05) is 18.2 Å². The third kappa shape index (κ3) is 4.33. The van der Waals surface area contributed by atoms with Crippen molar-refractivity contribution in [2.75, 3.05) is 11.9 Å². The zero-order valence-electron chi connectivity index (χ0n) is 13.4. The van der Waals surface area contributed by atoms with E-state index in [1.807, 2.05) is 18.2 Å². The van der Waals surface area contributed by atoms with E-state index >= 15 is 0 Å². The van der Waals surface area contributed by atoms with Crippen LogP contribution in [0.5, 0.6) is 0 Å². The quantitative estimate of drug-likeness (QED) is 0.793. The number of hydrogen-bond donors (Lipinski definition) is 2. The molecule has 2 fully saturated rings. The van der Waals surface area contributed by atoms with Gasteiger partial charge in [-0.05, 0) is 31.0 Å². The van der Waals surface area contributed by atoms with Crippen LogP contribution in [-0.4, -0.2) is 35.2 Å². The molecule has 2 heterocycles. The number of benzene rings is 1. The number of para-hydroxylation sites is 1. The Balaban J connectivity index is 0.00000208. The van der Waals surface area contributed by atoms with E-state index in [1.165, 1.54) is 4.90 Å². The Morgan fingerprint density at radius 1 is 1.21 bits per heavy atom. The van der Waals surface area contributed by atoms with Crippen molar-refractivity contribution in [3.63, 3.8) is 0 Å². The SMILES string of the molecule is Cl.O=C(CC1CCCN1)Nc1ccccc1CN1C(=O)CCC1=O. The first kappa shape index (κ1) is 18.4. The molecule has 24 heavy (non-hydrogen) atoms. The summed E-state index contributed by atoms with van der Waals surface area (Å²) < 4.78 is 0. The van der Waals surface area contributed by atoms with Crippen molar-refractivity contribution >= 4 is 35.8 Å². The second-order valence-corrected chi connectivity index (χ2v) is 6.08. The lowest BCUT2D eigenvalue weighted by molar-refractivity contribution is -0.139. The molecular weight excluding hydrogens is 330 g/mol. The molecule has 1 unspecified atom stereocenters. The minimum atomic E-state index is -0.147. The molecule has 0 spiro atoms. The molecule has 130 valence electrons. The van der Waals surface area contributed by atoms with Gasteiger partial charge in [0.05, 0.1) is 6.54 Å². The highest BCUT2D eigenvalue weighted by molar-refractivity contribution is 6.02. The van der Waals surface area contributed by atoms with E-state index in [-0.39, 0.29) is 55.6 Å². The average Bonchev–Trinajstić information content (AvgIpc) is 3.14. The highest BCUT2D eigenvalue weighted by Crippen LogP contribution is 2.22. The van der Waals surface area contributed by atoms with Crippen molar-refractivity contribution in [3.8, 4) is 0 Å². The van der Waals surface area contributed by atoms with Crippen LogP contribution in [0.2, 0.25) is 0 Å². The summed E-state index contributed by atoms with van der Waals surface area (Å²) in [7, 11) is 0. The van der Waals surface area contributed by atoms with E-state index < -0.39 is 0 Å². The van der Waals surface area contributed by atoms with Crippen LogP contribution in [0.3, 0.4) is 0 Å². The van der Waals surface area contributed by atoms with E-state index in [0.717, 1.165) is 24.9 Å². The molecule has 2 aliphatic rings. The van der Waals surface area contributed by atoms with Crippen molar-refractivity contribution in [2.45, 2.75) is 44.7 Å². The van der Waals surface area contributed by atoms with Crippen LogP contribution in [0.1, 0.15) is 37.7 Å². The molecule has 0 aromatic heterocycles. The lowest BCUT2D eigenvalue weighted by Gasteiger charge is -2.17. The maximum atomic E-state index is 12.2. The van der Waals surface area contributed by atoms with E-state index in [9.17, 15) is 14.4 Å². The number of carbonyl (C=O) groups excluding carboxylic acids is 3. The molecule has 2 N–H and O–H groups in total. The maximum absolute atomic E-state index is 12.2. The van der Waals surface area contributed by atoms with E-state index in [1.54, 1.807) is 6.07 Å². The monoisotopic (exact) mass is 351 g/mol. The minimum Gasteiger partial charge on any atom is -0.326 e. The van der Waals surface area contributed by atoms with E-state index in [0.29, 0.717) is 12.1 Å². The summed E-state index contributed by atoms with van der Waals surface area (Å²) in [5.74, 6) is -0.339. The maximum Gasteiger partial charge on any atom is 0.229 e. The first-order valence-corrected chi connectivity index (χ1v) is 8.08. The fourth-order valence-electron chi connectivity index (χ4n) is 3.11. The number of nitrogens with zero attached hydrogens (tertiary/aromatic N) is 1. The first-order valence-electron chi connectivity index (χ1n) is 8.08. The summed E-state index contributed by atoms with van der Waals surface area (Å²) >= 11 is 0. The van der Waals surface area contributed by atoms with Gasteiger partial charge in [0.15, 0.2) is 0 Å². The molecule has 0 saturated carbocycles. The third-order valence-electron chi connectivity index (χ3n) is 4.37. The van der Waals surface area contributed by atoms with Crippen molar-refractivity contribution in [2.24, 2.45) is 0 Å². The number of nitrogens with one attached hydrogen (secondary N) is 2. The number of amides is 3. The Morgan fingerprint density at radius 2 is 1.92 bits per heavy atom. The second-order valence-electron chi connectivity index (χ2n) is 6.08. The molecule has 0 radical (unpaired) electrons. The van der Waals surface area contributed by atoms with Gasteiger partial charge in [0.25, 0.3) is 0 Å². The molecule has 0 bridgehead atoms. The van der Waals surface area contributed by atoms with Crippen molar-refractivity contribution in [1.29, 1.82) is 0 Å². The lowest BCUT2D eigenvalue weighted by Crippen LogP contribution is -2.30. The molecule has 2 aliphatic heterocycles. The molecule has 1 aromatic rings. The highest BCUT2D eigenvalue weighted by Gasteiger charge is 2.29. The van der Waals surface area contributed by atoms with Gasteiger partial charge in [0.1, 0.15) is 0 Å². The van der Waals surface area contributed by atoms with Gasteiger partial charge < -0.3 is 10.6 Å². The van der Waals surface area contributed by atoms with Crippen molar-refractivity contribution < 1.29 is 14.4 Å². The van der Waals surface area contributed by atoms with Crippen LogP contribution < -0.4 is 10.6 Å². The van der Waals surface area contributed by atoms with Crippen LogP contribution in [0.15, 0.2) is 24.3 Å². The van der Waals surface area contributed by atoms with Crippen molar-refractivity contribution in [1.82, 2.24) is 10.2 Å². The van der Waals surface area contributed by atoms with Crippen LogP contribution in [0, 0.1) is 0 Å². The zero-order chi connectivity index (χ0) is 16.2. The number of anilines is 1. The number of rotatable bonds is 5. The molecule has 1 atom stereocenters. The highest BCUT2D eigenvalue weighted by atomic mass is 35.5. The average molecular weight is 352 g/mol. The Labute approximate surface area is 147 Å². The number of hydrogen-bond acceptors (Lipinski definition) is 4. The Kier molecular flexibility index (Phi) is 6.34. The summed E-state index contributed by atoms with van der Waals surface area (Å²) in [6.45, 7) is 1.18. The third-order valence-corrected chi connectivity index (χ3v) is 4.37. The van der Waals surface area contributed by atoms with Gasteiger partial charge in [0.2, 0.25) is 17.7 Å². The van der Waals surface area contributed by atoms with Crippen LogP contribution in [0.4, 0.5) is 5.69 Å². The molecule has 3 rings (SSSR count). The predicted molar refractivity (Wildman–Crippen MR) is 92.8 cm³/mol. The number of imide groups is 1. The van der Waals surface area contributed by atoms with Crippen LogP contribution in [0.25, 0.3) is 0 Å². The van der Waals surface area contributed by atoms with Crippen LogP contribution in [-0.2, 0) is 20.9 Å². The van der Waals surface area contributed by atoms with E-state index in [2.05, 4.69) is 10.6 Å². The van der Waals surface area contributed by atoms with Gasteiger partial charge in [-0.25, -0.2) is 0 Å². The molecule has 1 aromatic carbocycles. The Morgan fingerprint density at radius 3 is 2.58 bits per heavy atom. The topological polar surface area (TPSA) is 78.5 Å². The van der Waals surface area contributed by atoms with Gasteiger partial charge in [-0.3, -0.25) is 19.3 Å². The van der Waals surface area contributed by atoms with Gasteiger partial charge >= 0.3 is 0 Å². The fraction of sp³-hybridized carbons (Fsp3) is 0.471. The summed E-state index contributed by atoms with van der Waals surface area (Å²) in [5, 5.41) is 6.21. The lowest BCUT2D eigenvalue weighted by atomic mass is 10.1. The van der Waals surface area contributed by atoms with Crippen LogP contribution >= 0.6 is 12.4 Å². The number of likely N-dealkylation sites (tertiary alicyclic amines) is 1. The minimum absolute atomic E-state index is 0.